The van der Waals surface area contributed by atoms with Crippen LogP contribution in [0.1, 0.15) is 53.4 Å². The molecule has 0 radical (unpaired) electrons. The Balaban J connectivity index is 2.27. The summed E-state index contributed by atoms with van der Waals surface area (Å²) < 4.78 is 6.95. The van der Waals surface area contributed by atoms with Gasteiger partial charge in [0.1, 0.15) is 5.60 Å². The number of amides is 1. The summed E-state index contributed by atoms with van der Waals surface area (Å²) in [6.45, 7) is 8.16. The van der Waals surface area contributed by atoms with Crippen molar-refractivity contribution in [3.8, 4) is 5.88 Å². The lowest BCUT2D eigenvalue weighted by atomic mass is 10.2. The molecule has 0 bridgehead atoms. The van der Waals surface area contributed by atoms with E-state index >= 15 is 0 Å². The molecule has 1 aromatic carbocycles. The number of ether oxygens (including phenoxy) is 1. The second-order valence-corrected chi connectivity index (χ2v) is 7.08. The molecule has 0 aliphatic carbocycles. The number of fused-ring (bicyclic) bond motifs is 1. The number of carbonyl (C=O) groups excluding carboxylic acids is 1. The summed E-state index contributed by atoms with van der Waals surface area (Å²) in [5.41, 5.74) is 0.553. The third-order valence-corrected chi connectivity index (χ3v) is 3.78. The van der Waals surface area contributed by atoms with E-state index in [-0.39, 0.29) is 5.88 Å². The Morgan fingerprint density at radius 2 is 1.92 bits per heavy atom. The van der Waals surface area contributed by atoms with Gasteiger partial charge in [-0.15, -0.1) is 5.11 Å². The number of aromatic nitrogens is 1. The second kappa shape index (κ2) is 8.14. The minimum atomic E-state index is -0.772. The molecule has 0 aliphatic rings. The number of hydrogen-bond donors (Lipinski definition) is 1. The molecule has 0 saturated heterocycles. The Kier molecular flexibility index (Phi) is 6.17. The zero-order chi connectivity index (χ0) is 18.4. The first kappa shape index (κ1) is 19.0. The Hall–Kier alpha value is -2.37. The van der Waals surface area contributed by atoms with Crippen molar-refractivity contribution < 1.29 is 14.6 Å². The molecular weight excluding hydrogens is 318 g/mol. The van der Waals surface area contributed by atoms with E-state index in [4.69, 9.17) is 4.74 Å². The molecule has 1 aromatic heterocycles. The van der Waals surface area contributed by atoms with Crippen LogP contribution in [0.4, 0.5) is 10.5 Å². The number of benzene rings is 1. The maximum Gasteiger partial charge on any atom is 0.452 e. The predicted octanol–water partition coefficient (Wildman–Crippen LogP) is 5.95. The van der Waals surface area contributed by atoms with Gasteiger partial charge in [0, 0.05) is 11.9 Å². The summed E-state index contributed by atoms with van der Waals surface area (Å²) in [7, 11) is 0. The van der Waals surface area contributed by atoms with Crippen molar-refractivity contribution in [2.24, 2.45) is 10.2 Å². The van der Waals surface area contributed by atoms with Crippen LogP contribution in [0.5, 0.6) is 5.88 Å². The van der Waals surface area contributed by atoms with Crippen molar-refractivity contribution in [2.75, 3.05) is 0 Å². The van der Waals surface area contributed by atoms with Gasteiger partial charge in [0.15, 0.2) is 5.69 Å². The lowest BCUT2D eigenvalue weighted by Crippen LogP contribution is -2.21. The van der Waals surface area contributed by atoms with Crippen LogP contribution in [0, 0.1) is 0 Å². The van der Waals surface area contributed by atoms with Gasteiger partial charge in [-0.2, -0.15) is 0 Å². The number of unbranched alkanes of at least 4 members (excludes halogenated alkanes) is 3. The standard InChI is InChI=1S/C19H27N3O3/c1-5-6-7-10-13-22-15-12-9-8-11-14(15)16(17(22)23)20-21-18(24)25-19(2,3)4/h8-9,11-12,23H,5-7,10,13H2,1-4H3. The van der Waals surface area contributed by atoms with Crippen LogP contribution in [0.3, 0.4) is 0 Å². The predicted molar refractivity (Wildman–Crippen MR) is 98.5 cm³/mol. The van der Waals surface area contributed by atoms with Crippen molar-refractivity contribution in [3.63, 3.8) is 0 Å². The van der Waals surface area contributed by atoms with Crippen molar-refractivity contribution in [1.29, 1.82) is 0 Å². The van der Waals surface area contributed by atoms with Crippen LogP contribution in [0.2, 0.25) is 0 Å². The van der Waals surface area contributed by atoms with Crippen LogP contribution in [0.15, 0.2) is 34.5 Å². The minimum absolute atomic E-state index is 0.0324. The number of azo groups is 1. The number of hydrogen-bond acceptors (Lipinski definition) is 4. The van der Waals surface area contributed by atoms with E-state index in [0.717, 1.165) is 30.2 Å². The van der Waals surface area contributed by atoms with E-state index in [9.17, 15) is 9.90 Å². The molecule has 2 aromatic rings. The zero-order valence-corrected chi connectivity index (χ0v) is 15.5. The molecule has 1 N–H and O–H groups in total. The van der Waals surface area contributed by atoms with Crippen LogP contribution < -0.4 is 0 Å². The van der Waals surface area contributed by atoms with E-state index in [1.165, 1.54) is 6.42 Å². The van der Waals surface area contributed by atoms with Crippen molar-refractivity contribution in [2.45, 2.75) is 65.5 Å². The SMILES string of the molecule is CCCCCCn1c(O)c(N=NC(=O)OC(C)(C)C)c2ccccc21. The zero-order valence-electron chi connectivity index (χ0n) is 15.5. The largest absolute Gasteiger partial charge is 0.493 e. The molecule has 136 valence electrons. The van der Waals surface area contributed by atoms with Gasteiger partial charge in [-0.1, -0.05) is 49.5 Å². The first-order chi connectivity index (χ1) is 11.8. The molecule has 25 heavy (non-hydrogen) atoms. The fourth-order valence-electron chi connectivity index (χ4n) is 2.67. The molecule has 0 fully saturated rings. The van der Waals surface area contributed by atoms with Crippen molar-refractivity contribution >= 4 is 22.7 Å². The number of nitrogens with zero attached hydrogens (tertiary/aromatic N) is 3. The maximum atomic E-state index is 11.8. The molecule has 1 amide bonds. The van der Waals surface area contributed by atoms with E-state index in [0.29, 0.717) is 12.2 Å². The summed E-state index contributed by atoms with van der Waals surface area (Å²) in [5.74, 6) is 0.0324. The highest BCUT2D eigenvalue weighted by Crippen LogP contribution is 2.39. The molecule has 1 heterocycles. The summed E-state index contributed by atoms with van der Waals surface area (Å²) in [4.78, 5) is 11.8. The summed E-state index contributed by atoms with van der Waals surface area (Å²) >= 11 is 0. The Bertz CT molecular complexity index is 757. The topological polar surface area (TPSA) is 76.2 Å². The minimum Gasteiger partial charge on any atom is -0.493 e. The molecule has 0 unspecified atom stereocenters. The Morgan fingerprint density at radius 1 is 1.20 bits per heavy atom. The number of aromatic hydroxyl groups is 1. The second-order valence-electron chi connectivity index (χ2n) is 7.08. The van der Waals surface area contributed by atoms with Gasteiger partial charge in [0.05, 0.1) is 5.52 Å². The van der Waals surface area contributed by atoms with Crippen LogP contribution in [0.25, 0.3) is 10.9 Å². The normalized spacial score (nSPS) is 12.2. The molecule has 0 saturated carbocycles. The Labute approximate surface area is 148 Å². The van der Waals surface area contributed by atoms with E-state index in [2.05, 4.69) is 17.2 Å². The van der Waals surface area contributed by atoms with Crippen LogP contribution in [-0.2, 0) is 11.3 Å². The third kappa shape index (κ3) is 5.05. The van der Waals surface area contributed by atoms with Crippen LogP contribution in [-0.4, -0.2) is 21.4 Å². The van der Waals surface area contributed by atoms with E-state index < -0.39 is 11.7 Å². The fraction of sp³-hybridized carbons (Fsp3) is 0.526. The first-order valence-corrected chi connectivity index (χ1v) is 8.78. The van der Waals surface area contributed by atoms with E-state index in [1.807, 2.05) is 28.8 Å². The lowest BCUT2D eigenvalue weighted by Gasteiger charge is -2.16. The fourth-order valence-corrected chi connectivity index (χ4v) is 2.67. The molecule has 2 rings (SSSR count). The van der Waals surface area contributed by atoms with Gasteiger partial charge in [-0.25, -0.2) is 4.79 Å². The van der Waals surface area contributed by atoms with Crippen molar-refractivity contribution in [1.82, 2.24) is 4.57 Å². The van der Waals surface area contributed by atoms with Gasteiger partial charge in [-0.05, 0) is 33.3 Å². The molecule has 0 aliphatic heterocycles. The maximum absolute atomic E-state index is 11.8. The van der Waals surface area contributed by atoms with Gasteiger partial charge >= 0.3 is 6.09 Å². The van der Waals surface area contributed by atoms with Gasteiger partial charge in [-0.3, -0.25) is 0 Å². The summed E-state index contributed by atoms with van der Waals surface area (Å²) in [6, 6.07) is 7.58. The van der Waals surface area contributed by atoms with Gasteiger partial charge in [0.2, 0.25) is 5.88 Å². The summed E-state index contributed by atoms with van der Waals surface area (Å²) in [6.07, 6.45) is 3.64. The molecule has 6 nitrogen and oxygen atoms in total. The average Bonchev–Trinajstić information content (AvgIpc) is 2.80. The smallest absolute Gasteiger partial charge is 0.452 e. The molecule has 0 spiro atoms. The average molecular weight is 345 g/mol. The number of para-hydroxylation sites is 1. The Morgan fingerprint density at radius 3 is 2.60 bits per heavy atom. The molecule has 6 heteroatoms. The molecular formula is C19H27N3O3. The van der Waals surface area contributed by atoms with Crippen molar-refractivity contribution in [3.05, 3.63) is 24.3 Å². The van der Waals surface area contributed by atoms with Gasteiger partial charge < -0.3 is 14.4 Å². The van der Waals surface area contributed by atoms with E-state index in [1.54, 1.807) is 20.8 Å². The quantitative estimate of drug-likeness (QED) is 0.519. The summed E-state index contributed by atoms with van der Waals surface area (Å²) in [5, 5.41) is 18.9. The van der Waals surface area contributed by atoms with Crippen LogP contribution >= 0.6 is 0 Å². The highest BCUT2D eigenvalue weighted by Gasteiger charge is 2.18. The first-order valence-electron chi connectivity index (χ1n) is 8.78. The highest BCUT2D eigenvalue weighted by molar-refractivity contribution is 5.95. The number of rotatable bonds is 6. The number of carbonyl (C=O) groups is 1. The monoisotopic (exact) mass is 345 g/mol. The van der Waals surface area contributed by atoms with Gasteiger partial charge in [0.25, 0.3) is 0 Å². The number of aryl methyl sites for hydroxylation is 1. The lowest BCUT2D eigenvalue weighted by molar-refractivity contribution is 0.0592. The highest BCUT2D eigenvalue weighted by atomic mass is 16.6. The third-order valence-electron chi connectivity index (χ3n) is 3.78. The molecule has 0 atom stereocenters.